The van der Waals surface area contributed by atoms with Gasteiger partial charge in [0, 0.05) is 24.5 Å². The summed E-state index contributed by atoms with van der Waals surface area (Å²) < 4.78 is 41.4. The summed E-state index contributed by atoms with van der Waals surface area (Å²) in [5.41, 5.74) is 0.0577. The minimum Gasteiger partial charge on any atom is -0.390 e. The Morgan fingerprint density at radius 3 is 2.75 bits per heavy atom. The highest BCUT2D eigenvalue weighted by Crippen LogP contribution is 2.23. The van der Waals surface area contributed by atoms with Crippen LogP contribution in [0, 0.1) is 5.82 Å². The van der Waals surface area contributed by atoms with Crippen LogP contribution in [0.3, 0.4) is 0 Å². The first-order valence-electron chi connectivity index (χ1n) is 8.02. The average molecular weight is 455 g/mol. The van der Waals surface area contributed by atoms with Crippen molar-refractivity contribution in [3.8, 4) is 0 Å². The Balaban J connectivity index is 1.71. The number of alkyl halides is 2. The number of carbonyl (C=O) groups is 1. The van der Waals surface area contributed by atoms with Gasteiger partial charge in [-0.25, -0.2) is 18.2 Å². The predicted molar refractivity (Wildman–Crippen MR) is 98.5 cm³/mol. The van der Waals surface area contributed by atoms with E-state index in [1.165, 1.54) is 12.4 Å². The van der Waals surface area contributed by atoms with Crippen molar-refractivity contribution in [3.05, 3.63) is 75.7 Å². The number of imidazole rings is 1. The minimum absolute atomic E-state index is 0.0792. The van der Waals surface area contributed by atoms with E-state index in [4.69, 9.17) is 5.11 Å². The van der Waals surface area contributed by atoms with Crippen molar-refractivity contribution >= 4 is 27.7 Å². The topological polar surface area (TPSA) is 80.0 Å². The van der Waals surface area contributed by atoms with Crippen LogP contribution in [-0.2, 0) is 13.2 Å². The molecule has 1 amide bonds. The van der Waals surface area contributed by atoms with Gasteiger partial charge in [0.15, 0.2) is 5.82 Å². The highest BCUT2D eigenvalue weighted by Gasteiger charge is 2.18. The number of benzene rings is 1. The van der Waals surface area contributed by atoms with Crippen molar-refractivity contribution in [2.24, 2.45) is 0 Å². The maximum Gasteiger partial charge on any atom is 0.265 e. The molecule has 0 aliphatic rings. The fourth-order valence-corrected chi connectivity index (χ4v) is 2.93. The fraction of sp³-hybridized carbons (Fsp3) is 0.167. The van der Waals surface area contributed by atoms with E-state index in [1.54, 1.807) is 22.9 Å². The van der Waals surface area contributed by atoms with Crippen LogP contribution in [0.25, 0.3) is 0 Å². The lowest BCUT2D eigenvalue weighted by Crippen LogP contribution is -2.14. The standard InChI is InChI=1S/C18H14BrF3N4O2/c19-13-3-10(1-2-14(13)20)6-26-7-16(24-9-26)25-18(28)11-4-12(17(21)22)15(8-27)23-5-11/h1-5,7,9,17,27H,6,8H2,(H,25,28). The molecule has 0 bridgehead atoms. The molecular weight excluding hydrogens is 441 g/mol. The molecule has 6 nitrogen and oxygen atoms in total. The second kappa shape index (κ2) is 8.53. The van der Waals surface area contributed by atoms with Gasteiger partial charge in [-0.3, -0.25) is 9.78 Å². The predicted octanol–water partition coefficient (Wildman–Crippen LogP) is 3.91. The largest absolute Gasteiger partial charge is 0.390 e. The van der Waals surface area contributed by atoms with Gasteiger partial charge in [-0.1, -0.05) is 6.07 Å². The summed E-state index contributed by atoms with van der Waals surface area (Å²) in [6, 6.07) is 5.58. The quantitative estimate of drug-likeness (QED) is 0.591. The number of anilines is 1. The van der Waals surface area contributed by atoms with Gasteiger partial charge in [-0.2, -0.15) is 0 Å². The number of nitrogens with zero attached hydrogens (tertiary/aromatic N) is 3. The summed E-state index contributed by atoms with van der Waals surface area (Å²) in [7, 11) is 0. The third-order valence-corrected chi connectivity index (χ3v) is 4.48. The number of nitrogens with one attached hydrogen (secondary N) is 1. The lowest BCUT2D eigenvalue weighted by molar-refractivity contribution is 0.102. The third kappa shape index (κ3) is 4.57. The Kier molecular flexibility index (Phi) is 6.10. The van der Waals surface area contributed by atoms with E-state index in [0.29, 0.717) is 11.0 Å². The number of hydrogen-bond acceptors (Lipinski definition) is 4. The van der Waals surface area contributed by atoms with Gasteiger partial charge in [0.2, 0.25) is 0 Å². The van der Waals surface area contributed by atoms with Crippen molar-refractivity contribution in [1.82, 2.24) is 14.5 Å². The Hall–Kier alpha value is -2.72. The number of aliphatic hydroxyl groups is 1. The molecule has 2 heterocycles. The zero-order valence-electron chi connectivity index (χ0n) is 14.2. The Morgan fingerprint density at radius 2 is 2.07 bits per heavy atom. The molecule has 0 atom stereocenters. The van der Waals surface area contributed by atoms with Crippen molar-refractivity contribution in [1.29, 1.82) is 0 Å². The van der Waals surface area contributed by atoms with Crippen molar-refractivity contribution in [3.63, 3.8) is 0 Å². The summed E-state index contributed by atoms with van der Waals surface area (Å²) >= 11 is 3.12. The van der Waals surface area contributed by atoms with Crippen LogP contribution in [-0.4, -0.2) is 25.5 Å². The van der Waals surface area contributed by atoms with E-state index < -0.39 is 24.5 Å². The van der Waals surface area contributed by atoms with Crippen LogP contribution >= 0.6 is 15.9 Å². The van der Waals surface area contributed by atoms with Crippen LogP contribution in [0.2, 0.25) is 0 Å². The second-order valence-electron chi connectivity index (χ2n) is 5.85. The molecule has 1 aromatic carbocycles. The summed E-state index contributed by atoms with van der Waals surface area (Å²) in [6.45, 7) is -0.254. The number of aliphatic hydroxyl groups excluding tert-OH is 1. The van der Waals surface area contributed by atoms with E-state index in [-0.39, 0.29) is 22.9 Å². The van der Waals surface area contributed by atoms with E-state index in [0.717, 1.165) is 17.8 Å². The Bertz CT molecular complexity index is 1010. The van der Waals surface area contributed by atoms with Gasteiger partial charge >= 0.3 is 0 Å². The Morgan fingerprint density at radius 1 is 1.29 bits per heavy atom. The van der Waals surface area contributed by atoms with Gasteiger partial charge < -0.3 is 15.0 Å². The van der Waals surface area contributed by atoms with Crippen molar-refractivity contribution < 1.29 is 23.1 Å². The first-order valence-corrected chi connectivity index (χ1v) is 8.81. The molecule has 28 heavy (non-hydrogen) atoms. The zero-order chi connectivity index (χ0) is 20.3. The van der Waals surface area contributed by atoms with Crippen LogP contribution in [0.1, 0.15) is 33.6 Å². The summed E-state index contributed by atoms with van der Waals surface area (Å²) in [5.74, 6) is -0.809. The van der Waals surface area contributed by atoms with Gasteiger partial charge in [0.05, 0.1) is 28.7 Å². The van der Waals surface area contributed by atoms with Crippen LogP contribution in [0.15, 0.2) is 47.5 Å². The summed E-state index contributed by atoms with van der Waals surface area (Å²) in [4.78, 5) is 20.0. The number of amides is 1. The monoisotopic (exact) mass is 454 g/mol. The molecule has 0 fully saturated rings. The second-order valence-corrected chi connectivity index (χ2v) is 6.71. The van der Waals surface area contributed by atoms with Gasteiger partial charge in [-0.05, 0) is 39.7 Å². The smallest absolute Gasteiger partial charge is 0.265 e. The molecule has 0 saturated carbocycles. The molecule has 3 rings (SSSR count). The molecular formula is C18H14BrF3N4O2. The molecule has 0 saturated heterocycles. The van der Waals surface area contributed by atoms with Gasteiger partial charge in [-0.15, -0.1) is 0 Å². The number of aromatic nitrogens is 3. The number of halogens is 4. The Labute approximate surface area is 166 Å². The molecule has 2 N–H and O–H groups in total. The lowest BCUT2D eigenvalue weighted by Gasteiger charge is -2.08. The van der Waals surface area contributed by atoms with E-state index in [1.807, 2.05) is 0 Å². The molecule has 0 spiro atoms. The highest BCUT2D eigenvalue weighted by molar-refractivity contribution is 9.10. The number of hydrogen-bond donors (Lipinski definition) is 2. The molecule has 0 radical (unpaired) electrons. The normalized spacial score (nSPS) is 11.1. The minimum atomic E-state index is -2.86. The van der Waals surface area contributed by atoms with Crippen molar-refractivity contribution in [2.75, 3.05) is 5.32 Å². The zero-order valence-corrected chi connectivity index (χ0v) is 15.8. The summed E-state index contributed by atoms with van der Waals surface area (Å²) in [5, 5.41) is 11.6. The average Bonchev–Trinajstić information content (AvgIpc) is 3.10. The number of carbonyl (C=O) groups excluding carboxylic acids is 1. The lowest BCUT2D eigenvalue weighted by atomic mass is 10.1. The highest BCUT2D eigenvalue weighted by atomic mass is 79.9. The van der Waals surface area contributed by atoms with Crippen LogP contribution in [0.4, 0.5) is 19.0 Å². The summed E-state index contributed by atoms with van der Waals surface area (Å²) in [6.07, 6.45) is 1.28. The maximum absolute atomic E-state index is 13.3. The molecule has 0 aliphatic heterocycles. The molecule has 3 aromatic rings. The van der Waals surface area contributed by atoms with Crippen LogP contribution in [0.5, 0.6) is 0 Å². The van der Waals surface area contributed by atoms with Crippen LogP contribution < -0.4 is 5.32 Å². The fourth-order valence-electron chi connectivity index (χ4n) is 2.50. The van der Waals surface area contributed by atoms with Crippen molar-refractivity contribution in [2.45, 2.75) is 19.6 Å². The van der Waals surface area contributed by atoms with E-state index in [9.17, 15) is 18.0 Å². The molecule has 10 heteroatoms. The molecule has 0 aliphatic carbocycles. The van der Waals surface area contributed by atoms with Gasteiger partial charge in [0.25, 0.3) is 12.3 Å². The van der Waals surface area contributed by atoms with E-state index >= 15 is 0 Å². The van der Waals surface area contributed by atoms with E-state index in [2.05, 4.69) is 31.2 Å². The molecule has 0 unspecified atom stereocenters. The first kappa shape index (κ1) is 20.0. The number of rotatable bonds is 6. The SMILES string of the molecule is O=C(Nc1cn(Cc2ccc(F)c(Br)c2)cn1)c1cnc(CO)c(C(F)F)c1. The number of pyridine rings is 1. The first-order chi connectivity index (χ1) is 13.4. The van der Waals surface area contributed by atoms with Gasteiger partial charge in [0.1, 0.15) is 5.82 Å². The molecule has 146 valence electrons. The molecule has 2 aromatic heterocycles. The third-order valence-electron chi connectivity index (χ3n) is 3.87. The maximum atomic E-state index is 13.3.